The third kappa shape index (κ3) is 5.10. The standard InChI is InChI=1S/C17H22BrN3O2/c1-12(2)11-23-14-6-4-13(5-7-14)8-9-19-15-10-20-21(3)17(22)16(15)18/h4-7,10,12,19H,8-9,11H2,1-3H3. The van der Waals surface area contributed by atoms with Crippen LogP contribution in [0.3, 0.4) is 0 Å². The zero-order chi connectivity index (χ0) is 16.8. The summed E-state index contributed by atoms with van der Waals surface area (Å²) in [7, 11) is 1.62. The first-order valence-corrected chi connectivity index (χ1v) is 8.44. The molecule has 0 aliphatic carbocycles. The molecule has 1 heterocycles. The quantitative estimate of drug-likeness (QED) is 0.802. The fourth-order valence-electron chi connectivity index (χ4n) is 1.99. The van der Waals surface area contributed by atoms with Crippen molar-refractivity contribution < 1.29 is 4.74 Å². The molecule has 0 atom stereocenters. The molecular formula is C17H22BrN3O2. The smallest absolute Gasteiger partial charge is 0.282 e. The lowest BCUT2D eigenvalue weighted by Gasteiger charge is -2.10. The summed E-state index contributed by atoms with van der Waals surface area (Å²) in [5.41, 5.74) is 1.77. The van der Waals surface area contributed by atoms with Crippen LogP contribution in [0.5, 0.6) is 5.75 Å². The number of hydrogen-bond acceptors (Lipinski definition) is 4. The second-order valence-corrected chi connectivity index (χ2v) is 6.62. The van der Waals surface area contributed by atoms with Crippen molar-refractivity contribution in [3.05, 3.63) is 50.9 Å². The summed E-state index contributed by atoms with van der Waals surface area (Å²) < 4.78 is 7.47. The van der Waals surface area contributed by atoms with Crippen LogP contribution in [0.25, 0.3) is 0 Å². The van der Waals surface area contributed by atoms with E-state index in [1.54, 1.807) is 13.2 Å². The van der Waals surface area contributed by atoms with E-state index >= 15 is 0 Å². The third-order valence-corrected chi connectivity index (χ3v) is 4.08. The summed E-state index contributed by atoms with van der Waals surface area (Å²) in [5, 5.41) is 7.24. The van der Waals surface area contributed by atoms with Gasteiger partial charge < -0.3 is 10.1 Å². The minimum absolute atomic E-state index is 0.151. The van der Waals surface area contributed by atoms with Gasteiger partial charge >= 0.3 is 0 Å². The first-order valence-electron chi connectivity index (χ1n) is 7.65. The van der Waals surface area contributed by atoms with Crippen LogP contribution < -0.4 is 15.6 Å². The van der Waals surface area contributed by atoms with Gasteiger partial charge in [-0.2, -0.15) is 5.10 Å². The predicted molar refractivity (Wildman–Crippen MR) is 96.1 cm³/mol. The van der Waals surface area contributed by atoms with Crippen LogP contribution >= 0.6 is 15.9 Å². The van der Waals surface area contributed by atoms with Gasteiger partial charge in [-0.3, -0.25) is 4.79 Å². The fraction of sp³-hybridized carbons (Fsp3) is 0.412. The molecule has 0 unspecified atom stereocenters. The number of benzene rings is 1. The van der Waals surface area contributed by atoms with Crippen molar-refractivity contribution in [2.24, 2.45) is 13.0 Å². The van der Waals surface area contributed by atoms with Crippen LogP contribution in [0.1, 0.15) is 19.4 Å². The molecule has 0 aliphatic heterocycles. The summed E-state index contributed by atoms with van der Waals surface area (Å²) in [6, 6.07) is 8.12. The molecule has 0 radical (unpaired) electrons. The Bertz CT molecular complexity index is 696. The van der Waals surface area contributed by atoms with Gasteiger partial charge in [0, 0.05) is 13.6 Å². The second kappa shape index (κ2) is 8.15. The molecule has 0 saturated heterocycles. The van der Waals surface area contributed by atoms with Crippen LogP contribution in [0.2, 0.25) is 0 Å². The summed E-state index contributed by atoms with van der Waals surface area (Å²) >= 11 is 3.30. The zero-order valence-corrected chi connectivity index (χ0v) is 15.3. The molecule has 1 N–H and O–H groups in total. The molecule has 6 heteroatoms. The van der Waals surface area contributed by atoms with Gasteiger partial charge in [-0.1, -0.05) is 26.0 Å². The molecule has 1 aromatic carbocycles. The number of anilines is 1. The van der Waals surface area contributed by atoms with Gasteiger partial charge in [0.15, 0.2) is 0 Å². The molecule has 0 spiro atoms. The molecule has 5 nitrogen and oxygen atoms in total. The van der Waals surface area contributed by atoms with Crippen molar-refractivity contribution in [3.63, 3.8) is 0 Å². The Morgan fingerprint density at radius 3 is 2.65 bits per heavy atom. The maximum absolute atomic E-state index is 11.8. The van der Waals surface area contributed by atoms with E-state index in [1.165, 1.54) is 10.2 Å². The third-order valence-electron chi connectivity index (χ3n) is 3.31. The van der Waals surface area contributed by atoms with Gasteiger partial charge in [-0.25, -0.2) is 4.68 Å². The highest BCUT2D eigenvalue weighted by atomic mass is 79.9. The van der Waals surface area contributed by atoms with Crippen LogP contribution in [-0.2, 0) is 13.5 Å². The molecule has 124 valence electrons. The number of aromatic nitrogens is 2. The van der Waals surface area contributed by atoms with E-state index in [2.05, 4.69) is 52.3 Å². The summed E-state index contributed by atoms with van der Waals surface area (Å²) in [5.74, 6) is 1.42. The van der Waals surface area contributed by atoms with Crippen LogP contribution in [0.4, 0.5) is 5.69 Å². The number of ether oxygens (including phenoxy) is 1. The lowest BCUT2D eigenvalue weighted by Crippen LogP contribution is -2.21. The average Bonchev–Trinajstić information content (AvgIpc) is 2.54. The Labute approximate surface area is 144 Å². The summed E-state index contributed by atoms with van der Waals surface area (Å²) in [6.45, 7) is 5.71. The molecule has 23 heavy (non-hydrogen) atoms. The Morgan fingerprint density at radius 1 is 1.30 bits per heavy atom. The number of halogens is 1. The SMILES string of the molecule is CC(C)COc1ccc(CCNc2cnn(C)c(=O)c2Br)cc1. The van der Waals surface area contributed by atoms with E-state index in [4.69, 9.17) is 4.74 Å². The number of nitrogens with zero attached hydrogens (tertiary/aromatic N) is 2. The van der Waals surface area contributed by atoms with E-state index in [9.17, 15) is 4.79 Å². The highest BCUT2D eigenvalue weighted by molar-refractivity contribution is 9.10. The number of rotatable bonds is 7. The lowest BCUT2D eigenvalue weighted by molar-refractivity contribution is 0.271. The zero-order valence-electron chi connectivity index (χ0n) is 13.7. The number of aryl methyl sites for hydroxylation is 1. The van der Waals surface area contributed by atoms with Crippen LogP contribution in [-0.4, -0.2) is 22.9 Å². The van der Waals surface area contributed by atoms with E-state index in [-0.39, 0.29) is 5.56 Å². The molecular weight excluding hydrogens is 358 g/mol. The minimum atomic E-state index is -0.151. The van der Waals surface area contributed by atoms with Crippen molar-refractivity contribution in [2.75, 3.05) is 18.5 Å². The Kier molecular flexibility index (Phi) is 6.21. The molecule has 0 amide bonds. The van der Waals surface area contributed by atoms with Gasteiger partial charge in [0.05, 0.1) is 18.5 Å². The fourth-order valence-corrected chi connectivity index (χ4v) is 2.49. The van der Waals surface area contributed by atoms with Gasteiger partial charge in [-0.15, -0.1) is 0 Å². The second-order valence-electron chi connectivity index (χ2n) is 5.83. The van der Waals surface area contributed by atoms with Gasteiger partial charge in [0.1, 0.15) is 10.2 Å². The predicted octanol–water partition coefficient (Wildman–Crippen LogP) is 3.23. The minimum Gasteiger partial charge on any atom is -0.493 e. The van der Waals surface area contributed by atoms with Crippen molar-refractivity contribution in [3.8, 4) is 5.75 Å². The largest absolute Gasteiger partial charge is 0.493 e. The highest BCUT2D eigenvalue weighted by Gasteiger charge is 2.06. The summed E-state index contributed by atoms with van der Waals surface area (Å²) in [6.07, 6.45) is 2.50. The molecule has 0 fully saturated rings. The molecule has 2 aromatic rings. The van der Waals surface area contributed by atoms with Crippen LogP contribution in [0.15, 0.2) is 39.7 Å². The number of nitrogens with one attached hydrogen (secondary N) is 1. The topological polar surface area (TPSA) is 56.1 Å². The first-order chi connectivity index (χ1) is 11.0. The van der Waals surface area contributed by atoms with E-state index < -0.39 is 0 Å². The van der Waals surface area contributed by atoms with E-state index in [0.29, 0.717) is 16.1 Å². The van der Waals surface area contributed by atoms with Gasteiger partial charge in [0.2, 0.25) is 0 Å². The molecule has 0 saturated carbocycles. The van der Waals surface area contributed by atoms with Gasteiger partial charge in [0.25, 0.3) is 5.56 Å². The van der Waals surface area contributed by atoms with E-state index in [1.807, 2.05) is 12.1 Å². The van der Waals surface area contributed by atoms with Crippen molar-refractivity contribution in [2.45, 2.75) is 20.3 Å². The molecule has 1 aromatic heterocycles. The summed E-state index contributed by atoms with van der Waals surface area (Å²) in [4.78, 5) is 11.8. The maximum Gasteiger partial charge on any atom is 0.282 e. The Morgan fingerprint density at radius 2 is 2.00 bits per heavy atom. The van der Waals surface area contributed by atoms with E-state index in [0.717, 1.165) is 25.3 Å². The maximum atomic E-state index is 11.8. The Hall–Kier alpha value is -1.82. The molecule has 2 rings (SSSR count). The van der Waals surface area contributed by atoms with Crippen molar-refractivity contribution in [1.82, 2.24) is 9.78 Å². The van der Waals surface area contributed by atoms with Crippen molar-refractivity contribution in [1.29, 1.82) is 0 Å². The highest BCUT2D eigenvalue weighted by Crippen LogP contribution is 2.17. The molecule has 0 aliphatic rings. The number of hydrogen-bond donors (Lipinski definition) is 1. The van der Waals surface area contributed by atoms with Gasteiger partial charge in [-0.05, 0) is 46.0 Å². The Balaban J connectivity index is 1.87. The monoisotopic (exact) mass is 379 g/mol. The lowest BCUT2D eigenvalue weighted by atomic mass is 10.1. The average molecular weight is 380 g/mol. The van der Waals surface area contributed by atoms with Crippen LogP contribution in [0, 0.1) is 5.92 Å². The first kappa shape index (κ1) is 17.5. The normalized spacial score (nSPS) is 10.8. The molecule has 0 bridgehead atoms. The van der Waals surface area contributed by atoms with Crippen molar-refractivity contribution >= 4 is 21.6 Å².